The molecule has 5 heteroatoms. The molecule has 1 aromatic rings. The molecule has 0 spiro atoms. The van der Waals surface area contributed by atoms with Crippen molar-refractivity contribution >= 4 is 10.0 Å². The second kappa shape index (κ2) is 5.82. The van der Waals surface area contributed by atoms with Crippen molar-refractivity contribution in [3.63, 3.8) is 0 Å². The molecule has 2 N–H and O–H groups in total. The van der Waals surface area contributed by atoms with Gasteiger partial charge in [0.25, 0.3) is 0 Å². The van der Waals surface area contributed by atoms with Crippen LogP contribution in [0.15, 0.2) is 24.3 Å². The van der Waals surface area contributed by atoms with Crippen LogP contribution in [-0.4, -0.2) is 26.4 Å². The minimum Gasteiger partial charge on any atom is -0.384 e. The fraction of sp³-hybridized carbons (Fsp3) is 0.333. The molecule has 0 aliphatic carbocycles. The van der Waals surface area contributed by atoms with E-state index in [1.807, 2.05) is 12.1 Å². The molecule has 92 valence electrons. The zero-order valence-electron chi connectivity index (χ0n) is 9.77. The van der Waals surface area contributed by atoms with Crippen LogP contribution in [0.1, 0.15) is 24.1 Å². The Balaban J connectivity index is 2.80. The van der Waals surface area contributed by atoms with Crippen molar-refractivity contribution in [3.05, 3.63) is 35.4 Å². The van der Waals surface area contributed by atoms with E-state index in [0.717, 1.165) is 17.4 Å². The van der Waals surface area contributed by atoms with Crippen LogP contribution in [0, 0.1) is 11.8 Å². The van der Waals surface area contributed by atoms with E-state index in [1.165, 1.54) is 0 Å². The molecule has 0 radical (unpaired) electrons. The summed E-state index contributed by atoms with van der Waals surface area (Å²) in [5, 5.41) is 8.55. The Bertz CT molecular complexity index is 523. The number of rotatable bonds is 3. The van der Waals surface area contributed by atoms with Crippen LogP contribution in [0.4, 0.5) is 0 Å². The van der Waals surface area contributed by atoms with E-state index in [9.17, 15) is 8.42 Å². The summed E-state index contributed by atoms with van der Waals surface area (Å²) in [6.07, 6.45) is 1.13. The van der Waals surface area contributed by atoms with Crippen LogP contribution >= 0.6 is 0 Å². The van der Waals surface area contributed by atoms with Gasteiger partial charge in [-0.15, -0.1) is 0 Å². The third-order valence-electron chi connectivity index (χ3n) is 2.11. The number of aliphatic hydroxyl groups is 1. The Hall–Kier alpha value is -1.35. The van der Waals surface area contributed by atoms with E-state index in [1.54, 1.807) is 19.1 Å². The third kappa shape index (κ3) is 5.00. The molecule has 0 aromatic heterocycles. The van der Waals surface area contributed by atoms with Crippen molar-refractivity contribution in [1.82, 2.24) is 4.72 Å². The van der Waals surface area contributed by atoms with Gasteiger partial charge in [0.05, 0.1) is 6.26 Å². The zero-order valence-corrected chi connectivity index (χ0v) is 10.6. The minimum absolute atomic E-state index is 0.173. The lowest BCUT2D eigenvalue weighted by Gasteiger charge is -2.12. The first-order valence-electron chi connectivity index (χ1n) is 5.09. The fourth-order valence-electron chi connectivity index (χ4n) is 1.39. The van der Waals surface area contributed by atoms with Gasteiger partial charge in [0, 0.05) is 11.6 Å². The molecule has 1 rings (SSSR count). The molecule has 1 atom stereocenters. The minimum atomic E-state index is -3.21. The van der Waals surface area contributed by atoms with Crippen LogP contribution < -0.4 is 4.72 Å². The van der Waals surface area contributed by atoms with Gasteiger partial charge in [-0.25, -0.2) is 13.1 Å². The lowest BCUT2D eigenvalue weighted by atomic mass is 10.1. The molecule has 1 aromatic carbocycles. The van der Waals surface area contributed by atoms with Gasteiger partial charge in [0.2, 0.25) is 10.0 Å². The lowest BCUT2D eigenvalue weighted by molar-refractivity contribution is 0.350. The zero-order chi connectivity index (χ0) is 12.9. The smallest absolute Gasteiger partial charge is 0.209 e. The molecular formula is C12H15NO3S. The first-order valence-corrected chi connectivity index (χ1v) is 6.98. The molecule has 0 saturated carbocycles. The first-order chi connectivity index (χ1) is 7.92. The first kappa shape index (κ1) is 13.7. The summed E-state index contributed by atoms with van der Waals surface area (Å²) in [6, 6.07) is 6.93. The second-order valence-corrected chi connectivity index (χ2v) is 5.47. The molecule has 0 heterocycles. The van der Waals surface area contributed by atoms with Crippen molar-refractivity contribution in [2.45, 2.75) is 13.0 Å². The summed E-state index contributed by atoms with van der Waals surface area (Å²) in [5.74, 6) is 5.32. The standard InChI is InChI=1S/C12H15NO3S/c1-10(13-17(2,15)16)12-7-5-11(6-8-12)4-3-9-14/h5-8,10,13-14H,9H2,1-2H3. The van der Waals surface area contributed by atoms with Gasteiger partial charge in [-0.2, -0.15) is 0 Å². The normalized spacial score (nSPS) is 12.6. The van der Waals surface area contributed by atoms with Gasteiger partial charge in [0.15, 0.2) is 0 Å². The number of sulfonamides is 1. The SMILES string of the molecule is CC(NS(C)(=O)=O)c1ccc(C#CCO)cc1. The van der Waals surface area contributed by atoms with Crippen LogP contribution in [0.3, 0.4) is 0 Å². The number of hydrogen-bond acceptors (Lipinski definition) is 3. The molecule has 0 aliphatic rings. The number of hydrogen-bond donors (Lipinski definition) is 2. The Morgan fingerprint density at radius 2 is 1.94 bits per heavy atom. The maximum atomic E-state index is 11.1. The highest BCUT2D eigenvalue weighted by Crippen LogP contribution is 2.13. The Morgan fingerprint density at radius 1 is 1.35 bits per heavy atom. The molecule has 0 aliphatic heterocycles. The molecule has 17 heavy (non-hydrogen) atoms. The predicted octanol–water partition coefficient (Wildman–Crippen LogP) is 0.641. The van der Waals surface area contributed by atoms with E-state index < -0.39 is 10.0 Å². The average Bonchev–Trinajstić information content (AvgIpc) is 2.24. The second-order valence-electron chi connectivity index (χ2n) is 3.69. The monoisotopic (exact) mass is 253 g/mol. The highest BCUT2D eigenvalue weighted by Gasteiger charge is 2.10. The van der Waals surface area contributed by atoms with Gasteiger partial charge < -0.3 is 5.11 Å². The molecule has 1 unspecified atom stereocenters. The quantitative estimate of drug-likeness (QED) is 0.777. The molecule has 0 bridgehead atoms. The largest absolute Gasteiger partial charge is 0.384 e. The topological polar surface area (TPSA) is 66.4 Å². The average molecular weight is 253 g/mol. The highest BCUT2D eigenvalue weighted by molar-refractivity contribution is 7.88. The third-order valence-corrected chi connectivity index (χ3v) is 2.90. The maximum Gasteiger partial charge on any atom is 0.209 e. The van der Waals surface area contributed by atoms with Gasteiger partial charge >= 0.3 is 0 Å². The number of benzene rings is 1. The van der Waals surface area contributed by atoms with E-state index in [2.05, 4.69) is 16.6 Å². The van der Waals surface area contributed by atoms with Crippen molar-refractivity contribution < 1.29 is 13.5 Å². The summed E-state index contributed by atoms with van der Waals surface area (Å²) in [5.41, 5.74) is 1.65. The Morgan fingerprint density at radius 3 is 2.41 bits per heavy atom. The van der Waals surface area contributed by atoms with E-state index in [0.29, 0.717) is 0 Å². The predicted molar refractivity (Wildman–Crippen MR) is 66.8 cm³/mol. The van der Waals surface area contributed by atoms with Gasteiger partial charge in [-0.1, -0.05) is 24.0 Å². The summed E-state index contributed by atoms with van der Waals surface area (Å²) >= 11 is 0. The van der Waals surface area contributed by atoms with Gasteiger partial charge in [-0.3, -0.25) is 0 Å². The summed E-state index contributed by atoms with van der Waals surface area (Å²) in [6.45, 7) is 1.60. The van der Waals surface area contributed by atoms with E-state index in [4.69, 9.17) is 5.11 Å². The maximum absolute atomic E-state index is 11.1. The highest BCUT2D eigenvalue weighted by atomic mass is 32.2. The fourth-order valence-corrected chi connectivity index (χ4v) is 2.16. The summed E-state index contributed by atoms with van der Waals surface area (Å²) in [4.78, 5) is 0. The number of nitrogens with one attached hydrogen (secondary N) is 1. The summed E-state index contributed by atoms with van der Waals surface area (Å²) in [7, 11) is -3.21. The van der Waals surface area contributed by atoms with Crippen LogP contribution in [0.2, 0.25) is 0 Å². The van der Waals surface area contributed by atoms with Crippen molar-refractivity contribution in [2.24, 2.45) is 0 Å². The van der Waals surface area contributed by atoms with Crippen molar-refractivity contribution in [1.29, 1.82) is 0 Å². The Kier molecular flexibility index (Phi) is 4.70. The van der Waals surface area contributed by atoms with E-state index in [-0.39, 0.29) is 12.6 Å². The number of aliphatic hydroxyl groups excluding tert-OH is 1. The molecular weight excluding hydrogens is 238 g/mol. The van der Waals surface area contributed by atoms with E-state index >= 15 is 0 Å². The molecule has 0 saturated heterocycles. The van der Waals surface area contributed by atoms with Crippen LogP contribution in [0.25, 0.3) is 0 Å². The van der Waals surface area contributed by atoms with Crippen LogP contribution in [0.5, 0.6) is 0 Å². The summed E-state index contributed by atoms with van der Waals surface area (Å²) < 4.78 is 24.6. The Labute approximate surface area is 102 Å². The molecule has 0 fully saturated rings. The van der Waals surface area contributed by atoms with Crippen molar-refractivity contribution in [3.8, 4) is 11.8 Å². The van der Waals surface area contributed by atoms with Crippen LogP contribution in [-0.2, 0) is 10.0 Å². The van der Waals surface area contributed by atoms with Gasteiger partial charge in [-0.05, 0) is 24.6 Å². The molecule has 0 amide bonds. The van der Waals surface area contributed by atoms with Gasteiger partial charge in [0.1, 0.15) is 6.61 Å². The molecule has 4 nitrogen and oxygen atoms in total. The van der Waals surface area contributed by atoms with Crippen molar-refractivity contribution in [2.75, 3.05) is 12.9 Å². The lowest BCUT2D eigenvalue weighted by Crippen LogP contribution is -2.25.